The van der Waals surface area contributed by atoms with Crippen molar-refractivity contribution in [1.29, 1.82) is 0 Å². The molecule has 1 aromatic rings. The Balaban J connectivity index is 1.72. The van der Waals surface area contributed by atoms with Crippen molar-refractivity contribution >= 4 is 33.2 Å². The van der Waals surface area contributed by atoms with E-state index < -0.39 is 22.7 Å². The summed E-state index contributed by atoms with van der Waals surface area (Å²) in [7, 11) is -0.658. The number of hydrogen-bond acceptors (Lipinski definition) is 5. The molecule has 7 heteroatoms. The third-order valence-corrected chi connectivity index (χ3v) is 6.41. The molecule has 0 amide bonds. The van der Waals surface area contributed by atoms with Crippen LogP contribution < -0.4 is 5.32 Å². The Labute approximate surface area is 124 Å². The number of aliphatic carboxylic acids is 1. The minimum absolute atomic E-state index is 0.323. The van der Waals surface area contributed by atoms with Crippen molar-refractivity contribution in [3.63, 3.8) is 0 Å². The summed E-state index contributed by atoms with van der Waals surface area (Å²) in [6.07, 6.45) is 4.35. The lowest BCUT2D eigenvalue weighted by Crippen LogP contribution is -2.29. The first-order valence-corrected chi connectivity index (χ1v) is 9.28. The lowest BCUT2D eigenvalue weighted by atomic mass is 9.91. The van der Waals surface area contributed by atoms with Gasteiger partial charge < -0.3 is 10.4 Å². The van der Waals surface area contributed by atoms with Crippen LogP contribution in [-0.4, -0.2) is 37.8 Å². The standard InChI is InChI=1S/C13H18N2O3S2/c16-12(17)9-2-1-3-10-11(9)15-13(19-10)14-8-4-6-20(18)7-5-8/h8-9H,1-7H2,(H,14,15)(H,16,17). The molecule has 1 unspecified atom stereocenters. The lowest BCUT2D eigenvalue weighted by Gasteiger charge is -2.22. The summed E-state index contributed by atoms with van der Waals surface area (Å²) in [5.41, 5.74) is 0.760. The van der Waals surface area contributed by atoms with Crippen molar-refractivity contribution < 1.29 is 14.1 Å². The Kier molecular flexibility index (Phi) is 4.07. The predicted octanol–water partition coefficient (Wildman–Crippen LogP) is 1.97. The van der Waals surface area contributed by atoms with Crippen molar-refractivity contribution in [3.8, 4) is 0 Å². The molecule has 20 heavy (non-hydrogen) atoms. The topological polar surface area (TPSA) is 79.3 Å². The van der Waals surface area contributed by atoms with Gasteiger partial charge in [-0.2, -0.15) is 0 Å². The van der Waals surface area contributed by atoms with E-state index in [0.717, 1.165) is 52.9 Å². The molecule has 0 aromatic carbocycles. The molecule has 3 rings (SSSR count). The van der Waals surface area contributed by atoms with E-state index in [-0.39, 0.29) is 0 Å². The van der Waals surface area contributed by atoms with Gasteiger partial charge in [0.1, 0.15) is 5.92 Å². The third kappa shape index (κ3) is 2.88. The van der Waals surface area contributed by atoms with E-state index in [4.69, 9.17) is 0 Å². The van der Waals surface area contributed by atoms with E-state index in [2.05, 4.69) is 10.3 Å². The van der Waals surface area contributed by atoms with Gasteiger partial charge in [0, 0.05) is 33.2 Å². The maximum atomic E-state index is 11.3. The van der Waals surface area contributed by atoms with E-state index >= 15 is 0 Å². The van der Waals surface area contributed by atoms with Crippen LogP contribution in [0.5, 0.6) is 0 Å². The number of aromatic nitrogens is 1. The summed E-state index contributed by atoms with van der Waals surface area (Å²) in [5, 5.41) is 13.5. The molecule has 2 heterocycles. The fourth-order valence-corrected chi connectivity index (χ4v) is 5.27. The number of rotatable bonds is 3. The summed E-state index contributed by atoms with van der Waals surface area (Å²) < 4.78 is 11.3. The van der Waals surface area contributed by atoms with Gasteiger partial charge in [-0.05, 0) is 32.1 Å². The number of fused-ring (bicyclic) bond motifs is 1. The number of carbonyl (C=O) groups is 1. The molecule has 1 atom stereocenters. The second-order valence-electron chi connectivity index (χ2n) is 5.38. The SMILES string of the molecule is O=C(O)C1CCCc2sc(NC3CCS(=O)CC3)nc21. The molecule has 1 aliphatic heterocycles. The molecular formula is C13H18N2O3S2. The Morgan fingerprint density at radius 3 is 2.80 bits per heavy atom. The van der Waals surface area contributed by atoms with Gasteiger partial charge in [-0.25, -0.2) is 4.98 Å². The Morgan fingerprint density at radius 1 is 1.35 bits per heavy atom. The molecule has 1 fully saturated rings. The largest absolute Gasteiger partial charge is 0.481 e. The van der Waals surface area contributed by atoms with E-state index in [9.17, 15) is 14.1 Å². The first kappa shape index (κ1) is 14.0. The summed E-state index contributed by atoms with van der Waals surface area (Å²) >= 11 is 1.59. The number of anilines is 1. The second kappa shape index (κ2) is 5.81. The molecule has 0 bridgehead atoms. The molecule has 1 saturated heterocycles. The first-order chi connectivity index (χ1) is 9.63. The summed E-state index contributed by atoms with van der Waals surface area (Å²) in [6, 6.07) is 0.323. The van der Waals surface area contributed by atoms with Gasteiger partial charge in [-0.3, -0.25) is 9.00 Å². The van der Waals surface area contributed by atoms with E-state index in [0.29, 0.717) is 12.5 Å². The van der Waals surface area contributed by atoms with E-state index in [1.54, 1.807) is 11.3 Å². The van der Waals surface area contributed by atoms with Crippen LogP contribution in [0, 0.1) is 0 Å². The monoisotopic (exact) mass is 314 g/mol. The van der Waals surface area contributed by atoms with Crippen molar-refractivity contribution in [3.05, 3.63) is 10.6 Å². The molecule has 0 radical (unpaired) electrons. The van der Waals surface area contributed by atoms with Gasteiger partial charge in [0.05, 0.1) is 5.69 Å². The molecule has 1 aliphatic carbocycles. The zero-order valence-electron chi connectivity index (χ0n) is 11.1. The van der Waals surface area contributed by atoms with Crippen LogP contribution in [0.25, 0.3) is 0 Å². The van der Waals surface area contributed by atoms with Gasteiger partial charge in [0.15, 0.2) is 5.13 Å². The van der Waals surface area contributed by atoms with E-state index in [1.807, 2.05) is 0 Å². The number of carboxylic acid groups (broad SMARTS) is 1. The van der Waals surface area contributed by atoms with Gasteiger partial charge in [0.2, 0.25) is 0 Å². The Hall–Kier alpha value is -0.950. The van der Waals surface area contributed by atoms with Crippen LogP contribution in [-0.2, 0) is 22.0 Å². The first-order valence-electron chi connectivity index (χ1n) is 6.97. The predicted molar refractivity (Wildman–Crippen MR) is 79.9 cm³/mol. The number of hydrogen-bond donors (Lipinski definition) is 2. The number of carboxylic acids is 1. The number of thiazole rings is 1. The van der Waals surface area contributed by atoms with Crippen molar-refractivity contribution in [2.24, 2.45) is 0 Å². The van der Waals surface area contributed by atoms with Crippen LogP contribution >= 0.6 is 11.3 Å². The quantitative estimate of drug-likeness (QED) is 0.892. The number of aryl methyl sites for hydroxylation is 1. The molecule has 5 nitrogen and oxygen atoms in total. The van der Waals surface area contributed by atoms with Crippen molar-refractivity contribution in [1.82, 2.24) is 4.98 Å². The fraction of sp³-hybridized carbons (Fsp3) is 0.692. The number of nitrogens with zero attached hydrogens (tertiary/aromatic N) is 1. The number of nitrogens with one attached hydrogen (secondary N) is 1. The van der Waals surface area contributed by atoms with Crippen molar-refractivity contribution in [2.75, 3.05) is 16.8 Å². The normalized spacial score (nSPS) is 29.7. The fourth-order valence-electron chi connectivity index (χ4n) is 2.83. The maximum Gasteiger partial charge on any atom is 0.312 e. The zero-order valence-corrected chi connectivity index (χ0v) is 12.8. The summed E-state index contributed by atoms with van der Waals surface area (Å²) in [4.78, 5) is 16.9. The molecule has 0 saturated carbocycles. The molecule has 2 aliphatic rings. The third-order valence-electron chi connectivity index (χ3n) is 3.97. The average molecular weight is 314 g/mol. The average Bonchev–Trinajstić information content (AvgIpc) is 2.83. The molecule has 2 N–H and O–H groups in total. The lowest BCUT2D eigenvalue weighted by molar-refractivity contribution is -0.139. The Morgan fingerprint density at radius 2 is 2.10 bits per heavy atom. The Bertz CT molecular complexity index is 534. The molecule has 1 aromatic heterocycles. The molecule has 0 spiro atoms. The van der Waals surface area contributed by atoms with Gasteiger partial charge in [-0.1, -0.05) is 0 Å². The van der Waals surface area contributed by atoms with Crippen LogP contribution in [0.1, 0.15) is 42.2 Å². The van der Waals surface area contributed by atoms with Gasteiger partial charge >= 0.3 is 5.97 Å². The smallest absolute Gasteiger partial charge is 0.312 e. The van der Waals surface area contributed by atoms with Crippen LogP contribution in [0.2, 0.25) is 0 Å². The maximum absolute atomic E-state index is 11.3. The zero-order chi connectivity index (χ0) is 14.1. The van der Waals surface area contributed by atoms with E-state index in [1.165, 1.54) is 0 Å². The van der Waals surface area contributed by atoms with Crippen molar-refractivity contribution in [2.45, 2.75) is 44.1 Å². The van der Waals surface area contributed by atoms with Crippen LogP contribution in [0.15, 0.2) is 0 Å². The van der Waals surface area contributed by atoms with Gasteiger partial charge in [-0.15, -0.1) is 11.3 Å². The minimum atomic E-state index is -0.768. The minimum Gasteiger partial charge on any atom is -0.481 e. The summed E-state index contributed by atoms with van der Waals surface area (Å²) in [5.74, 6) is 0.293. The van der Waals surface area contributed by atoms with Crippen LogP contribution in [0.3, 0.4) is 0 Å². The second-order valence-corrected chi connectivity index (χ2v) is 8.16. The highest BCUT2D eigenvalue weighted by atomic mass is 32.2. The van der Waals surface area contributed by atoms with Crippen LogP contribution in [0.4, 0.5) is 5.13 Å². The highest BCUT2D eigenvalue weighted by Crippen LogP contribution is 2.37. The molecule has 110 valence electrons. The highest BCUT2D eigenvalue weighted by molar-refractivity contribution is 7.85. The highest BCUT2D eigenvalue weighted by Gasteiger charge is 2.30. The molecular weight excluding hydrogens is 296 g/mol. The summed E-state index contributed by atoms with van der Waals surface area (Å²) in [6.45, 7) is 0. The van der Waals surface area contributed by atoms with Gasteiger partial charge in [0.25, 0.3) is 0 Å².